The Bertz CT molecular complexity index is 474. The van der Waals surface area contributed by atoms with E-state index in [4.69, 9.17) is 4.84 Å². The molecule has 0 saturated carbocycles. The van der Waals surface area contributed by atoms with Gasteiger partial charge in [-0.05, 0) is 18.6 Å². The number of carbonyl (C=O) groups is 1. The van der Waals surface area contributed by atoms with Crippen LogP contribution >= 0.6 is 15.9 Å². The zero-order valence-electron chi connectivity index (χ0n) is 10.1. The molecule has 0 aliphatic carbocycles. The van der Waals surface area contributed by atoms with E-state index < -0.39 is 6.10 Å². The quantitative estimate of drug-likeness (QED) is 0.928. The summed E-state index contributed by atoms with van der Waals surface area (Å²) in [6, 6.07) is 7.81. The molecule has 1 atom stereocenters. The molecule has 0 radical (unpaired) electrons. The van der Waals surface area contributed by atoms with E-state index in [1.54, 1.807) is 0 Å². The molecule has 1 N–H and O–H groups in total. The Balaban J connectivity index is 1.97. The second kappa shape index (κ2) is 6.00. The maximum absolute atomic E-state index is 11.7. The number of nitrogens with zero attached hydrogens (tertiary/aromatic N) is 1. The number of halogens is 1. The molecule has 1 heterocycles. The third-order valence-corrected chi connectivity index (χ3v) is 3.16. The van der Waals surface area contributed by atoms with Crippen LogP contribution in [0.25, 0.3) is 0 Å². The van der Waals surface area contributed by atoms with Crippen LogP contribution in [-0.2, 0) is 9.63 Å². The largest absolute Gasteiger partial charge is 0.382 e. The Morgan fingerprint density at radius 1 is 1.61 bits per heavy atom. The first-order chi connectivity index (χ1) is 8.70. The van der Waals surface area contributed by atoms with Crippen LogP contribution < -0.4 is 5.32 Å². The highest BCUT2D eigenvalue weighted by molar-refractivity contribution is 9.10. The second-order valence-electron chi connectivity index (χ2n) is 4.14. The number of nitrogens with one attached hydrogen (secondary N) is 1. The number of rotatable bonds is 4. The van der Waals surface area contributed by atoms with Gasteiger partial charge in [-0.15, -0.1) is 0 Å². The smallest absolute Gasteiger partial charge is 0.264 e. The van der Waals surface area contributed by atoms with Crippen LogP contribution in [0.1, 0.15) is 25.3 Å². The zero-order chi connectivity index (χ0) is 13.0. The lowest BCUT2D eigenvalue weighted by Crippen LogP contribution is -2.35. The van der Waals surface area contributed by atoms with E-state index in [9.17, 15) is 4.79 Å². The maximum atomic E-state index is 11.7. The van der Waals surface area contributed by atoms with E-state index >= 15 is 0 Å². The Hall–Kier alpha value is -1.36. The second-order valence-corrected chi connectivity index (χ2v) is 5.05. The van der Waals surface area contributed by atoms with Crippen LogP contribution in [0.2, 0.25) is 0 Å². The Kier molecular flexibility index (Phi) is 4.36. The summed E-state index contributed by atoms with van der Waals surface area (Å²) in [4.78, 5) is 16.9. The summed E-state index contributed by atoms with van der Waals surface area (Å²) in [5.41, 5.74) is 1.79. The van der Waals surface area contributed by atoms with E-state index in [0.717, 1.165) is 22.2 Å². The molecule has 0 spiro atoms. The third-order valence-electron chi connectivity index (χ3n) is 2.67. The molecule has 5 heteroatoms. The molecule has 0 saturated heterocycles. The summed E-state index contributed by atoms with van der Waals surface area (Å²) in [7, 11) is 0. The normalized spacial score (nSPS) is 18.1. The minimum absolute atomic E-state index is 0.0920. The van der Waals surface area contributed by atoms with Crippen molar-refractivity contribution in [3.63, 3.8) is 0 Å². The van der Waals surface area contributed by atoms with E-state index in [1.807, 2.05) is 31.2 Å². The lowest BCUT2D eigenvalue weighted by Gasteiger charge is -2.08. The highest BCUT2D eigenvalue weighted by Crippen LogP contribution is 2.19. The molecule has 96 valence electrons. The molecule has 1 aliphatic heterocycles. The lowest BCUT2D eigenvalue weighted by molar-refractivity contribution is -0.131. The molecular weight excluding hydrogens is 296 g/mol. The van der Waals surface area contributed by atoms with Gasteiger partial charge in [0.15, 0.2) is 0 Å². The van der Waals surface area contributed by atoms with Crippen LogP contribution in [0.5, 0.6) is 0 Å². The molecular formula is C13H15BrN2O2. The van der Waals surface area contributed by atoms with Crippen molar-refractivity contribution in [2.75, 3.05) is 6.54 Å². The lowest BCUT2D eigenvalue weighted by atomic mass is 10.0. The van der Waals surface area contributed by atoms with Crippen LogP contribution in [0.4, 0.5) is 0 Å². The van der Waals surface area contributed by atoms with Crippen molar-refractivity contribution in [3.8, 4) is 0 Å². The van der Waals surface area contributed by atoms with E-state index in [1.165, 1.54) is 0 Å². The van der Waals surface area contributed by atoms with Gasteiger partial charge in [0.25, 0.3) is 5.91 Å². The maximum Gasteiger partial charge on any atom is 0.264 e. The van der Waals surface area contributed by atoms with Gasteiger partial charge in [-0.25, -0.2) is 0 Å². The van der Waals surface area contributed by atoms with Crippen molar-refractivity contribution in [3.05, 3.63) is 34.3 Å². The molecule has 18 heavy (non-hydrogen) atoms. The fourth-order valence-electron chi connectivity index (χ4n) is 1.72. The standard InChI is InChI=1S/C13H15BrN2O2/c1-2-6-15-13(17)12-8-11(16-18-12)9-4-3-5-10(14)7-9/h3-5,7,12H,2,6,8H2,1H3,(H,15,17). The van der Waals surface area contributed by atoms with Crippen molar-refractivity contribution in [2.24, 2.45) is 5.16 Å². The summed E-state index contributed by atoms with van der Waals surface area (Å²) in [5.74, 6) is -0.0920. The van der Waals surface area contributed by atoms with Gasteiger partial charge in [-0.3, -0.25) is 4.79 Å². The molecule has 1 amide bonds. The van der Waals surface area contributed by atoms with Crippen LogP contribution in [0.3, 0.4) is 0 Å². The van der Waals surface area contributed by atoms with Crippen molar-refractivity contribution >= 4 is 27.5 Å². The predicted molar refractivity (Wildman–Crippen MR) is 73.5 cm³/mol. The fraction of sp³-hybridized carbons (Fsp3) is 0.385. The summed E-state index contributed by atoms with van der Waals surface area (Å²) in [6.07, 6.45) is 0.939. The average Bonchev–Trinajstić information content (AvgIpc) is 2.85. The minimum Gasteiger partial charge on any atom is -0.382 e. The van der Waals surface area contributed by atoms with Gasteiger partial charge in [0.05, 0.1) is 5.71 Å². The number of amides is 1. The monoisotopic (exact) mass is 310 g/mol. The number of carbonyl (C=O) groups excluding carboxylic acids is 1. The Morgan fingerprint density at radius 3 is 3.17 bits per heavy atom. The number of benzene rings is 1. The molecule has 1 unspecified atom stereocenters. The number of hydrogen-bond acceptors (Lipinski definition) is 3. The van der Waals surface area contributed by atoms with Gasteiger partial charge in [-0.2, -0.15) is 0 Å². The van der Waals surface area contributed by atoms with Gasteiger partial charge in [0.1, 0.15) is 0 Å². The average molecular weight is 311 g/mol. The van der Waals surface area contributed by atoms with Crippen molar-refractivity contribution in [1.29, 1.82) is 0 Å². The number of hydrogen-bond donors (Lipinski definition) is 1. The molecule has 1 aromatic rings. The van der Waals surface area contributed by atoms with Crippen molar-refractivity contribution in [2.45, 2.75) is 25.9 Å². The van der Waals surface area contributed by atoms with Gasteiger partial charge in [-0.1, -0.05) is 40.1 Å². The highest BCUT2D eigenvalue weighted by atomic mass is 79.9. The molecule has 1 aliphatic rings. The van der Waals surface area contributed by atoms with Crippen molar-refractivity contribution in [1.82, 2.24) is 5.32 Å². The summed E-state index contributed by atoms with van der Waals surface area (Å²) < 4.78 is 0.988. The minimum atomic E-state index is -0.495. The summed E-state index contributed by atoms with van der Waals surface area (Å²) in [6.45, 7) is 2.68. The molecule has 2 rings (SSSR count). The number of oxime groups is 1. The first-order valence-electron chi connectivity index (χ1n) is 5.97. The van der Waals surface area contributed by atoms with Crippen molar-refractivity contribution < 1.29 is 9.63 Å². The van der Waals surface area contributed by atoms with Crippen LogP contribution in [0, 0.1) is 0 Å². The van der Waals surface area contributed by atoms with E-state index in [2.05, 4.69) is 26.4 Å². The summed E-state index contributed by atoms with van der Waals surface area (Å²) >= 11 is 3.41. The van der Waals surface area contributed by atoms with Gasteiger partial charge >= 0.3 is 0 Å². The molecule has 0 fully saturated rings. The van der Waals surface area contributed by atoms with Gasteiger partial charge in [0, 0.05) is 23.0 Å². The highest BCUT2D eigenvalue weighted by Gasteiger charge is 2.28. The topological polar surface area (TPSA) is 50.7 Å². The van der Waals surface area contributed by atoms with Gasteiger partial charge in [0.2, 0.25) is 6.10 Å². The Labute approximate surface area is 115 Å². The molecule has 0 aromatic heterocycles. The van der Waals surface area contributed by atoms with Gasteiger partial charge < -0.3 is 10.2 Å². The first kappa shape index (κ1) is 13.1. The summed E-state index contributed by atoms with van der Waals surface area (Å²) in [5, 5.41) is 6.80. The molecule has 4 nitrogen and oxygen atoms in total. The fourth-order valence-corrected chi connectivity index (χ4v) is 2.12. The zero-order valence-corrected chi connectivity index (χ0v) is 11.7. The molecule has 0 bridgehead atoms. The Morgan fingerprint density at radius 2 is 2.44 bits per heavy atom. The van der Waals surface area contributed by atoms with E-state index in [-0.39, 0.29) is 5.91 Å². The van der Waals surface area contributed by atoms with E-state index in [0.29, 0.717) is 13.0 Å². The SMILES string of the molecule is CCCNC(=O)C1CC(c2cccc(Br)c2)=NO1. The predicted octanol–water partition coefficient (Wildman–Crippen LogP) is 2.47. The van der Waals surface area contributed by atoms with Crippen LogP contribution in [0.15, 0.2) is 33.9 Å². The molecule has 1 aromatic carbocycles. The third kappa shape index (κ3) is 3.10. The first-order valence-corrected chi connectivity index (χ1v) is 6.76. The van der Waals surface area contributed by atoms with Crippen LogP contribution in [-0.4, -0.2) is 24.3 Å².